The van der Waals surface area contributed by atoms with Crippen molar-refractivity contribution in [1.29, 1.82) is 0 Å². The van der Waals surface area contributed by atoms with Gasteiger partial charge in [-0.25, -0.2) is 0 Å². The maximum absolute atomic E-state index is 12.1. The van der Waals surface area contributed by atoms with E-state index in [9.17, 15) is 4.79 Å². The highest BCUT2D eigenvalue weighted by Gasteiger charge is 2.10. The van der Waals surface area contributed by atoms with Crippen LogP contribution in [0.2, 0.25) is 5.02 Å². The second-order valence-electron chi connectivity index (χ2n) is 4.15. The largest absolute Gasteiger partial charge is 0.497 e. The van der Waals surface area contributed by atoms with Crippen molar-refractivity contribution >= 4 is 33.4 Å². The van der Waals surface area contributed by atoms with E-state index in [4.69, 9.17) is 16.3 Å². The van der Waals surface area contributed by atoms with Crippen molar-refractivity contribution in [2.24, 2.45) is 0 Å². The Hall–Kier alpha value is -1.52. The van der Waals surface area contributed by atoms with E-state index in [-0.39, 0.29) is 5.91 Å². The first-order valence-electron chi connectivity index (χ1n) is 5.96. The number of amides is 1. The summed E-state index contributed by atoms with van der Waals surface area (Å²) in [7, 11) is 1.62. The van der Waals surface area contributed by atoms with E-state index in [0.717, 1.165) is 15.8 Å². The molecule has 1 amide bonds. The van der Waals surface area contributed by atoms with Crippen molar-refractivity contribution < 1.29 is 9.53 Å². The Balaban J connectivity index is 2.02. The predicted octanol–water partition coefficient (Wildman–Crippen LogP) is 4.04. The Labute approximate surface area is 131 Å². The number of halogens is 2. The fourth-order valence-electron chi connectivity index (χ4n) is 1.69. The van der Waals surface area contributed by atoms with E-state index >= 15 is 0 Å². The molecule has 20 heavy (non-hydrogen) atoms. The number of methoxy groups -OCH3 is 1. The average Bonchev–Trinajstić information content (AvgIpc) is 2.47. The molecule has 0 spiro atoms. The van der Waals surface area contributed by atoms with E-state index in [1.54, 1.807) is 25.3 Å². The van der Waals surface area contributed by atoms with Crippen LogP contribution in [0.15, 0.2) is 46.9 Å². The first-order chi connectivity index (χ1) is 9.60. The maximum atomic E-state index is 12.1. The minimum absolute atomic E-state index is 0.202. The lowest BCUT2D eigenvalue weighted by atomic mass is 10.2. The molecule has 0 unspecified atom stereocenters. The number of hydrogen-bond acceptors (Lipinski definition) is 2. The summed E-state index contributed by atoms with van der Waals surface area (Å²) in [5, 5.41) is 3.27. The molecule has 1 N–H and O–H groups in total. The molecule has 0 aromatic heterocycles. The van der Waals surface area contributed by atoms with Crippen LogP contribution in [0.3, 0.4) is 0 Å². The van der Waals surface area contributed by atoms with Crippen molar-refractivity contribution in [3.63, 3.8) is 0 Å². The molecule has 0 radical (unpaired) electrons. The van der Waals surface area contributed by atoms with E-state index in [0.29, 0.717) is 17.1 Å². The minimum Gasteiger partial charge on any atom is -0.497 e. The summed E-state index contributed by atoms with van der Waals surface area (Å²) in [6.45, 7) is 0.436. The number of benzene rings is 2. The molecular weight excluding hydrogens is 342 g/mol. The van der Waals surface area contributed by atoms with Gasteiger partial charge in [-0.15, -0.1) is 0 Å². The number of nitrogens with one attached hydrogen (secondary N) is 1. The number of ether oxygens (including phenoxy) is 1. The lowest BCUT2D eigenvalue weighted by molar-refractivity contribution is 0.0951. The molecule has 0 aliphatic heterocycles. The number of carbonyl (C=O) groups is 1. The van der Waals surface area contributed by atoms with E-state index in [1.807, 2.05) is 24.3 Å². The van der Waals surface area contributed by atoms with Crippen LogP contribution in [0.1, 0.15) is 15.9 Å². The summed E-state index contributed by atoms with van der Waals surface area (Å²) < 4.78 is 5.90. The van der Waals surface area contributed by atoms with Crippen molar-refractivity contribution in [3.8, 4) is 5.75 Å². The van der Waals surface area contributed by atoms with Crippen LogP contribution in [-0.2, 0) is 6.54 Å². The minimum atomic E-state index is -0.202. The van der Waals surface area contributed by atoms with Crippen LogP contribution >= 0.6 is 27.5 Å². The van der Waals surface area contributed by atoms with Crippen LogP contribution in [0.5, 0.6) is 5.75 Å². The zero-order chi connectivity index (χ0) is 14.5. The van der Waals surface area contributed by atoms with Gasteiger partial charge in [0.2, 0.25) is 0 Å². The molecule has 0 saturated heterocycles. The van der Waals surface area contributed by atoms with Crippen molar-refractivity contribution in [2.75, 3.05) is 7.11 Å². The van der Waals surface area contributed by atoms with Crippen LogP contribution in [0.4, 0.5) is 0 Å². The molecule has 0 saturated carbocycles. The zero-order valence-electron chi connectivity index (χ0n) is 10.8. The molecule has 2 aromatic carbocycles. The number of carbonyl (C=O) groups excluding carboxylic acids is 1. The van der Waals surface area contributed by atoms with Crippen molar-refractivity contribution in [2.45, 2.75) is 6.54 Å². The van der Waals surface area contributed by atoms with Gasteiger partial charge in [-0.3, -0.25) is 4.79 Å². The lowest BCUT2D eigenvalue weighted by Crippen LogP contribution is -2.23. The highest BCUT2D eigenvalue weighted by atomic mass is 79.9. The maximum Gasteiger partial charge on any atom is 0.253 e. The van der Waals surface area contributed by atoms with E-state index in [1.165, 1.54) is 0 Å². The Kier molecular flexibility index (Phi) is 5.04. The molecule has 3 nitrogen and oxygen atoms in total. The highest BCUT2D eigenvalue weighted by molar-refractivity contribution is 9.10. The molecule has 0 atom stereocenters. The molecule has 104 valence electrons. The molecule has 0 heterocycles. The second kappa shape index (κ2) is 6.77. The topological polar surface area (TPSA) is 38.3 Å². The first-order valence-corrected chi connectivity index (χ1v) is 7.13. The Morgan fingerprint density at radius 3 is 2.60 bits per heavy atom. The molecule has 0 bridgehead atoms. The summed E-state index contributed by atoms with van der Waals surface area (Å²) >= 11 is 9.34. The van der Waals surface area contributed by atoms with Gasteiger partial charge in [0.25, 0.3) is 5.91 Å². The third-order valence-electron chi connectivity index (χ3n) is 2.79. The lowest BCUT2D eigenvalue weighted by Gasteiger charge is -2.08. The Morgan fingerprint density at radius 1 is 1.25 bits per heavy atom. The summed E-state index contributed by atoms with van der Waals surface area (Å²) in [6, 6.07) is 12.7. The molecule has 5 heteroatoms. The van der Waals surface area contributed by atoms with Crippen molar-refractivity contribution in [1.82, 2.24) is 5.32 Å². The van der Waals surface area contributed by atoms with Gasteiger partial charge in [-0.05, 0) is 35.9 Å². The van der Waals surface area contributed by atoms with Gasteiger partial charge in [0.15, 0.2) is 0 Å². The molecule has 0 aliphatic rings. The summed E-state index contributed by atoms with van der Waals surface area (Å²) in [4.78, 5) is 12.1. The fraction of sp³-hybridized carbons (Fsp3) is 0.133. The predicted molar refractivity (Wildman–Crippen MR) is 83.3 cm³/mol. The van der Waals surface area contributed by atoms with Gasteiger partial charge >= 0.3 is 0 Å². The van der Waals surface area contributed by atoms with E-state index in [2.05, 4.69) is 21.2 Å². The fourth-order valence-corrected chi connectivity index (χ4v) is 2.26. The molecule has 0 fully saturated rings. The van der Waals surface area contributed by atoms with Gasteiger partial charge in [-0.2, -0.15) is 0 Å². The Bertz CT molecular complexity index is 614. The zero-order valence-corrected chi connectivity index (χ0v) is 13.2. The average molecular weight is 355 g/mol. The van der Waals surface area contributed by atoms with Crippen molar-refractivity contribution in [3.05, 3.63) is 63.1 Å². The molecule has 2 rings (SSSR count). The molecular formula is C15H13BrClNO2. The van der Waals surface area contributed by atoms with Gasteiger partial charge < -0.3 is 10.1 Å². The quantitative estimate of drug-likeness (QED) is 0.900. The van der Waals surface area contributed by atoms with Crippen LogP contribution < -0.4 is 10.1 Å². The third kappa shape index (κ3) is 3.74. The normalized spacial score (nSPS) is 10.2. The smallest absolute Gasteiger partial charge is 0.253 e. The van der Waals surface area contributed by atoms with Crippen LogP contribution in [0, 0.1) is 0 Å². The third-order valence-corrected chi connectivity index (χ3v) is 3.61. The Morgan fingerprint density at radius 2 is 1.95 bits per heavy atom. The van der Waals surface area contributed by atoms with E-state index < -0.39 is 0 Å². The standard InChI is InChI=1S/C15H13BrClNO2/c1-20-12-5-2-10(3-6-12)9-18-15(19)13-8-11(16)4-7-14(13)17/h2-8H,9H2,1H3,(H,18,19). The summed E-state index contributed by atoms with van der Waals surface area (Å²) in [5.74, 6) is 0.585. The number of rotatable bonds is 4. The summed E-state index contributed by atoms with van der Waals surface area (Å²) in [5.41, 5.74) is 1.44. The SMILES string of the molecule is COc1ccc(CNC(=O)c2cc(Br)ccc2Cl)cc1. The number of hydrogen-bond donors (Lipinski definition) is 1. The second-order valence-corrected chi connectivity index (χ2v) is 5.48. The summed E-state index contributed by atoms with van der Waals surface area (Å²) in [6.07, 6.45) is 0. The highest BCUT2D eigenvalue weighted by Crippen LogP contribution is 2.21. The molecule has 2 aromatic rings. The van der Waals surface area contributed by atoms with Gasteiger partial charge in [0.1, 0.15) is 5.75 Å². The van der Waals surface area contributed by atoms with Gasteiger partial charge in [-0.1, -0.05) is 39.7 Å². The van der Waals surface area contributed by atoms with Gasteiger partial charge in [0.05, 0.1) is 17.7 Å². The van der Waals surface area contributed by atoms with Crippen LogP contribution in [0.25, 0.3) is 0 Å². The molecule has 0 aliphatic carbocycles. The van der Waals surface area contributed by atoms with Gasteiger partial charge in [0, 0.05) is 11.0 Å². The van der Waals surface area contributed by atoms with Crippen LogP contribution in [-0.4, -0.2) is 13.0 Å². The first kappa shape index (κ1) is 14.9. The monoisotopic (exact) mass is 353 g/mol.